The van der Waals surface area contributed by atoms with Gasteiger partial charge in [0.15, 0.2) is 5.82 Å². The number of rotatable bonds is 4. The molecule has 1 aromatic heterocycles. The van der Waals surface area contributed by atoms with E-state index < -0.39 is 0 Å². The molecular weight excluding hydrogens is 340 g/mol. The van der Waals surface area contributed by atoms with Crippen molar-refractivity contribution in [2.75, 3.05) is 11.4 Å². The summed E-state index contributed by atoms with van der Waals surface area (Å²) >= 11 is 6.24. The maximum Gasteiger partial charge on any atom is 0.322 e. The first-order valence-electron chi connectivity index (χ1n) is 8.73. The molecule has 0 unspecified atom stereocenters. The lowest BCUT2D eigenvalue weighted by molar-refractivity contribution is 0.230. The zero-order valence-corrected chi connectivity index (χ0v) is 15.1. The fourth-order valence-corrected chi connectivity index (χ4v) is 3.47. The molecular formula is C18H21ClN4O2. The quantitative estimate of drug-likeness (QED) is 0.892. The second-order valence-electron chi connectivity index (χ2n) is 7.08. The number of halogens is 1. The van der Waals surface area contributed by atoms with Gasteiger partial charge in [-0.1, -0.05) is 36.7 Å². The van der Waals surface area contributed by atoms with Gasteiger partial charge in [-0.3, -0.25) is 4.90 Å². The van der Waals surface area contributed by atoms with Gasteiger partial charge in [0.25, 0.3) is 0 Å². The summed E-state index contributed by atoms with van der Waals surface area (Å²) in [4.78, 5) is 19.1. The topological polar surface area (TPSA) is 71.3 Å². The fourth-order valence-electron chi connectivity index (χ4n) is 3.21. The number of aromatic nitrogens is 2. The monoisotopic (exact) mass is 360 g/mol. The molecule has 0 spiro atoms. The van der Waals surface area contributed by atoms with Crippen LogP contribution in [0.4, 0.5) is 10.5 Å². The predicted molar refractivity (Wildman–Crippen MR) is 94.9 cm³/mol. The third kappa shape index (κ3) is 3.11. The van der Waals surface area contributed by atoms with Crippen LogP contribution < -0.4 is 10.2 Å². The van der Waals surface area contributed by atoms with Gasteiger partial charge in [-0.15, -0.1) is 0 Å². The molecule has 2 heterocycles. The number of hydrogen-bond donors (Lipinski definition) is 1. The minimum Gasteiger partial charge on any atom is -0.337 e. The predicted octanol–water partition coefficient (Wildman–Crippen LogP) is 4.07. The molecule has 2 aromatic rings. The Bertz CT molecular complexity index is 800. The molecule has 6 nitrogen and oxygen atoms in total. The van der Waals surface area contributed by atoms with Crippen LogP contribution in [-0.2, 0) is 6.42 Å². The van der Waals surface area contributed by atoms with Crippen molar-refractivity contribution in [2.45, 2.75) is 45.1 Å². The number of urea groups is 1. The molecule has 4 rings (SSSR count). The Morgan fingerprint density at radius 1 is 1.40 bits per heavy atom. The number of carbonyl (C=O) groups excluding carboxylic acids is 1. The molecule has 132 valence electrons. The van der Waals surface area contributed by atoms with Crippen LogP contribution in [0.1, 0.15) is 55.9 Å². The Kier molecular flexibility index (Phi) is 4.15. The molecule has 1 aliphatic carbocycles. The highest BCUT2D eigenvalue weighted by atomic mass is 35.5. The highest BCUT2D eigenvalue weighted by Gasteiger charge is 2.33. The third-order valence-electron chi connectivity index (χ3n) is 4.83. The van der Waals surface area contributed by atoms with Gasteiger partial charge < -0.3 is 9.84 Å². The summed E-state index contributed by atoms with van der Waals surface area (Å²) in [5.74, 6) is 1.80. The lowest BCUT2D eigenvalue weighted by Gasteiger charge is -2.24. The summed E-state index contributed by atoms with van der Waals surface area (Å²) in [7, 11) is 0. The first-order valence-corrected chi connectivity index (χ1v) is 9.11. The highest BCUT2D eigenvalue weighted by molar-refractivity contribution is 6.32. The standard InChI is InChI=1S/C18H21ClN4O2/c1-10(2)15(17-21-16(22-25-17)11-6-7-11)20-18(24)23-9-8-12-13(19)4-3-5-14(12)23/h3-5,10-11,15H,6-9H2,1-2H3,(H,20,24)/t15-/m1/s1. The largest absolute Gasteiger partial charge is 0.337 e. The molecule has 1 aliphatic heterocycles. The van der Waals surface area contributed by atoms with Gasteiger partial charge in [-0.25, -0.2) is 4.79 Å². The summed E-state index contributed by atoms with van der Waals surface area (Å²) in [6.45, 7) is 4.67. The number of nitrogens with zero attached hydrogens (tertiary/aromatic N) is 3. The van der Waals surface area contributed by atoms with Gasteiger partial charge in [0, 0.05) is 17.5 Å². The summed E-state index contributed by atoms with van der Waals surface area (Å²) in [5, 5.41) is 7.83. The minimum atomic E-state index is -0.310. The molecule has 0 radical (unpaired) electrons. The molecule has 25 heavy (non-hydrogen) atoms. The summed E-state index contributed by atoms with van der Waals surface area (Å²) in [6, 6.07) is 5.18. The lowest BCUT2D eigenvalue weighted by Crippen LogP contribution is -2.42. The summed E-state index contributed by atoms with van der Waals surface area (Å²) < 4.78 is 5.43. The molecule has 2 amide bonds. The number of hydrogen-bond acceptors (Lipinski definition) is 4. The smallest absolute Gasteiger partial charge is 0.322 e. The molecule has 7 heteroatoms. The van der Waals surface area contributed by atoms with E-state index in [1.165, 1.54) is 0 Å². The van der Waals surface area contributed by atoms with E-state index in [1.54, 1.807) is 4.90 Å². The molecule has 2 aliphatic rings. The normalized spacial score (nSPS) is 17.7. The van der Waals surface area contributed by atoms with Crippen LogP contribution in [0.15, 0.2) is 22.7 Å². The Morgan fingerprint density at radius 3 is 2.92 bits per heavy atom. The average molecular weight is 361 g/mol. The Labute approximate surface area is 151 Å². The minimum absolute atomic E-state index is 0.137. The van der Waals surface area contributed by atoms with Crippen LogP contribution >= 0.6 is 11.6 Å². The summed E-state index contributed by atoms with van der Waals surface area (Å²) in [6.07, 6.45) is 2.99. The Morgan fingerprint density at radius 2 is 2.20 bits per heavy atom. The van der Waals surface area contributed by atoms with Crippen LogP contribution in [0, 0.1) is 5.92 Å². The van der Waals surface area contributed by atoms with Gasteiger partial charge in [0.05, 0.1) is 5.69 Å². The molecule has 1 saturated carbocycles. The third-order valence-corrected chi connectivity index (χ3v) is 5.18. The van der Waals surface area contributed by atoms with Crippen molar-refractivity contribution in [3.05, 3.63) is 40.5 Å². The van der Waals surface area contributed by atoms with E-state index in [-0.39, 0.29) is 18.0 Å². The Balaban J connectivity index is 1.53. The SMILES string of the molecule is CC(C)[C@@H](NC(=O)N1CCc2c(Cl)cccc21)c1nc(C2CC2)no1. The van der Waals surface area contributed by atoms with Gasteiger partial charge in [-0.05, 0) is 42.9 Å². The highest BCUT2D eigenvalue weighted by Crippen LogP contribution is 2.39. The van der Waals surface area contributed by atoms with Crippen molar-refractivity contribution in [1.29, 1.82) is 0 Å². The van der Waals surface area contributed by atoms with E-state index in [2.05, 4.69) is 15.5 Å². The van der Waals surface area contributed by atoms with Crippen molar-refractivity contribution >= 4 is 23.3 Å². The number of amides is 2. The molecule has 1 aromatic carbocycles. The van der Waals surface area contributed by atoms with Crippen molar-refractivity contribution in [1.82, 2.24) is 15.5 Å². The molecule has 1 fully saturated rings. The number of nitrogens with one attached hydrogen (secondary N) is 1. The van der Waals surface area contributed by atoms with Crippen molar-refractivity contribution in [3.8, 4) is 0 Å². The van der Waals surface area contributed by atoms with Crippen molar-refractivity contribution in [2.24, 2.45) is 5.92 Å². The van der Waals surface area contributed by atoms with Crippen LogP contribution in [-0.4, -0.2) is 22.7 Å². The van der Waals surface area contributed by atoms with Gasteiger partial charge in [0.2, 0.25) is 5.89 Å². The number of benzene rings is 1. The average Bonchev–Trinajstić information content (AvgIpc) is 3.15. The van der Waals surface area contributed by atoms with Crippen LogP contribution in [0.2, 0.25) is 5.02 Å². The van der Waals surface area contributed by atoms with Gasteiger partial charge in [-0.2, -0.15) is 4.98 Å². The number of anilines is 1. The molecule has 1 N–H and O–H groups in total. The first-order chi connectivity index (χ1) is 12.0. The van der Waals surface area contributed by atoms with Crippen LogP contribution in [0.5, 0.6) is 0 Å². The molecule has 1 atom stereocenters. The van der Waals surface area contributed by atoms with Gasteiger partial charge in [0.1, 0.15) is 6.04 Å². The number of carbonyl (C=O) groups is 1. The second kappa shape index (κ2) is 6.33. The van der Waals surface area contributed by atoms with Crippen LogP contribution in [0.3, 0.4) is 0 Å². The lowest BCUT2D eigenvalue weighted by atomic mass is 10.0. The summed E-state index contributed by atoms with van der Waals surface area (Å²) in [5.41, 5.74) is 1.89. The zero-order valence-electron chi connectivity index (χ0n) is 14.3. The first kappa shape index (κ1) is 16.4. The van der Waals surface area contributed by atoms with E-state index in [4.69, 9.17) is 16.1 Å². The van der Waals surface area contributed by atoms with E-state index in [1.807, 2.05) is 32.0 Å². The fraction of sp³-hybridized carbons (Fsp3) is 0.500. The van der Waals surface area contributed by atoms with Crippen LogP contribution in [0.25, 0.3) is 0 Å². The zero-order chi connectivity index (χ0) is 17.6. The van der Waals surface area contributed by atoms with E-state index in [0.29, 0.717) is 23.4 Å². The second-order valence-corrected chi connectivity index (χ2v) is 7.48. The van der Waals surface area contributed by atoms with Gasteiger partial charge >= 0.3 is 6.03 Å². The maximum absolute atomic E-state index is 12.8. The molecule has 0 saturated heterocycles. The van der Waals surface area contributed by atoms with E-state index in [0.717, 1.165) is 36.3 Å². The van der Waals surface area contributed by atoms with Crippen molar-refractivity contribution in [3.63, 3.8) is 0 Å². The van der Waals surface area contributed by atoms with E-state index in [9.17, 15) is 4.79 Å². The number of fused-ring (bicyclic) bond motifs is 1. The molecule has 0 bridgehead atoms. The maximum atomic E-state index is 12.8. The van der Waals surface area contributed by atoms with Crippen molar-refractivity contribution < 1.29 is 9.32 Å². The van der Waals surface area contributed by atoms with E-state index >= 15 is 0 Å². The Hall–Kier alpha value is -2.08.